The number of carboxylic acids is 1. The fourth-order valence-corrected chi connectivity index (χ4v) is 2.61. The van der Waals surface area contributed by atoms with Crippen LogP contribution in [0.2, 0.25) is 0 Å². The van der Waals surface area contributed by atoms with E-state index in [4.69, 9.17) is 4.74 Å². The van der Waals surface area contributed by atoms with Crippen molar-refractivity contribution in [3.63, 3.8) is 0 Å². The first kappa shape index (κ1) is 13.9. The Morgan fingerprint density at radius 3 is 2.84 bits per heavy atom. The van der Waals surface area contributed by atoms with Gasteiger partial charge in [0.2, 0.25) is 0 Å². The second kappa shape index (κ2) is 6.10. The lowest BCUT2D eigenvalue weighted by Crippen LogP contribution is -2.34. The van der Waals surface area contributed by atoms with E-state index in [1.807, 2.05) is 6.92 Å². The summed E-state index contributed by atoms with van der Waals surface area (Å²) in [6, 6.07) is 0. The minimum Gasteiger partial charge on any atom is -0.481 e. The second-order valence-corrected chi connectivity index (χ2v) is 4.99. The van der Waals surface area contributed by atoms with Crippen LogP contribution in [0.1, 0.15) is 38.4 Å². The van der Waals surface area contributed by atoms with Crippen molar-refractivity contribution in [3.8, 4) is 0 Å². The molecule has 0 radical (unpaired) electrons. The second-order valence-electron chi connectivity index (χ2n) is 4.99. The Labute approximate surface area is 111 Å². The minimum absolute atomic E-state index is 0.358. The predicted molar refractivity (Wildman–Crippen MR) is 66.6 cm³/mol. The molecule has 0 unspecified atom stereocenters. The summed E-state index contributed by atoms with van der Waals surface area (Å²) in [6.07, 6.45) is 3.93. The summed E-state index contributed by atoms with van der Waals surface area (Å²) in [7, 11) is 0. The molecule has 7 heteroatoms. The lowest BCUT2D eigenvalue weighted by molar-refractivity contribution is -0.149. The molecular formula is C12H20N4O3. The van der Waals surface area contributed by atoms with Gasteiger partial charge in [-0.2, -0.15) is 0 Å². The van der Waals surface area contributed by atoms with Gasteiger partial charge in [0.25, 0.3) is 0 Å². The highest BCUT2D eigenvalue weighted by Crippen LogP contribution is 2.39. The van der Waals surface area contributed by atoms with Crippen molar-refractivity contribution in [1.29, 1.82) is 0 Å². The van der Waals surface area contributed by atoms with Crippen LogP contribution in [0.5, 0.6) is 0 Å². The molecule has 19 heavy (non-hydrogen) atoms. The molecule has 1 aliphatic carbocycles. The van der Waals surface area contributed by atoms with Crippen molar-refractivity contribution >= 4 is 5.97 Å². The number of rotatable bonds is 7. The van der Waals surface area contributed by atoms with Crippen LogP contribution in [0.15, 0.2) is 0 Å². The third kappa shape index (κ3) is 3.09. The molecule has 1 saturated carbocycles. The van der Waals surface area contributed by atoms with Crippen LogP contribution >= 0.6 is 0 Å². The number of nitrogens with zero attached hydrogens (tertiary/aromatic N) is 4. The molecule has 1 heterocycles. The maximum absolute atomic E-state index is 11.5. The molecule has 1 aromatic heterocycles. The van der Waals surface area contributed by atoms with E-state index in [2.05, 4.69) is 15.5 Å². The summed E-state index contributed by atoms with van der Waals surface area (Å²) < 4.78 is 6.90. The molecule has 0 spiro atoms. The van der Waals surface area contributed by atoms with Crippen LogP contribution in [-0.4, -0.2) is 44.5 Å². The van der Waals surface area contributed by atoms with Gasteiger partial charge in [-0.1, -0.05) is 12.8 Å². The molecule has 1 aromatic rings. The average Bonchev–Trinajstić information content (AvgIpc) is 3.01. The van der Waals surface area contributed by atoms with E-state index in [0.717, 1.165) is 12.8 Å². The largest absolute Gasteiger partial charge is 0.481 e. The van der Waals surface area contributed by atoms with E-state index in [1.54, 1.807) is 4.68 Å². The van der Waals surface area contributed by atoms with E-state index in [0.29, 0.717) is 44.8 Å². The Morgan fingerprint density at radius 2 is 2.21 bits per heavy atom. The molecule has 106 valence electrons. The van der Waals surface area contributed by atoms with E-state index in [9.17, 15) is 9.90 Å². The van der Waals surface area contributed by atoms with Gasteiger partial charge in [0, 0.05) is 13.0 Å². The molecular weight excluding hydrogens is 248 g/mol. The number of carboxylic acid groups (broad SMARTS) is 1. The van der Waals surface area contributed by atoms with Crippen LogP contribution < -0.4 is 0 Å². The van der Waals surface area contributed by atoms with E-state index in [-0.39, 0.29) is 0 Å². The highest BCUT2D eigenvalue weighted by molar-refractivity contribution is 5.74. The van der Waals surface area contributed by atoms with Crippen LogP contribution in [0.3, 0.4) is 0 Å². The fourth-order valence-electron chi connectivity index (χ4n) is 2.61. The van der Waals surface area contributed by atoms with Crippen molar-refractivity contribution in [2.45, 2.75) is 45.6 Å². The number of hydrogen-bond donors (Lipinski definition) is 1. The van der Waals surface area contributed by atoms with Gasteiger partial charge in [0.1, 0.15) is 0 Å². The summed E-state index contributed by atoms with van der Waals surface area (Å²) in [4.78, 5) is 11.5. The standard InChI is InChI=1S/C12H20N4O3/c1-2-19-8-5-10-13-14-15-16(10)9-12(11(17)18)6-3-4-7-12/h2-9H2,1H3,(H,17,18). The smallest absolute Gasteiger partial charge is 0.311 e. The lowest BCUT2D eigenvalue weighted by Gasteiger charge is -2.23. The maximum Gasteiger partial charge on any atom is 0.311 e. The van der Waals surface area contributed by atoms with Crippen LogP contribution in [0, 0.1) is 5.41 Å². The lowest BCUT2D eigenvalue weighted by atomic mass is 9.86. The van der Waals surface area contributed by atoms with Crippen LogP contribution in [0.25, 0.3) is 0 Å². The van der Waals surface area contributed by atoms with Gasteiger partial charge in [0.05, 0.1) is 18.6 Å². The molecule has 2 rings (SSSR count). The fraction of sp³-hybridized carbons (Fsp3) is 0.833. The Bertz CT molecular complexity index is 426. The first-order valence-corrected chi connectivity index (χ1v) is 6.74. The summed E-state index contributed by atoms with van der Waals surface area (Å²) in [5, 5.41) is 21.0. The molecule has 0 amide bonds. The molecule has 0 saturated heterocycles. The molecule has 0 aromatic carbocycles. The Balaban J connectivity index is 2.05. The third-order valence-corrected chi connectivity index (χ3v) is 3.75. The summed E-state index contributed by atoms with van der Waals surface area (Å²) in [6.45, 7) is 3.50. The molecule has 1 fully saturated rings. The van der Waals surface area contributed by atoms with Gasteiger partial charge in [-0.25, -0.2) is 4.68 Å². The predicted octanol–water partition coefficient (Wildman–Crippen LogP) is 0.897. The summed E-state index contributed by atoms with van der Waals surface area (Å²) >= 11 is 0. The molecule has 1 aliphatic rings. The molecule has 0 bridgehead atoms. The molecule has 0 atom stereocenters. The number of ether oxygens (including phenoxy) is 1. The zero-order valence-electron chi connectivity index (χ0n) is 11.2. The molecule has 1 N–H and O–H groups in total. The van der Waals surface area contributed by atoms with E-state index >= 15 is 0 Å². The van der Waals surface area contributed by atoms with Crippen molar-refractivity contribution in [1.82, 2.24) is 20.2 Å². The van der Waals surface area contributed by atoms with Gasteiger partial charge < -0.3 is 9.84 Å². The quantitative estimate of drug-likeness (QED) is 0.739. The number of aromatic nitrogens is 4. The number of tetrazole rings is 1. The topological polar surface area (TPSA) is 90.1 Å². The Kier molecular flexibility index (Phi) is 4.47. The van der Waals surface area contributed by atoms with E-state index in [1.165, 1.54) is 0 Å². The Hall–Kier alpha value is -1.50. The molecule has 7 nitrogen and oxygen atoms in total. The Morgan fingerprint density at radius 1 is 1.47 bits per heavy atom. The van der Waals surface area contributed by atoms with Crippen molar-refractivity contribution < 1.29 is 14.6 Å². The number of hydrogen-bond acceptors (Lipinski definition) is 5. The maximum atomic E-state index is 11.5. The highest BCUT2D eigenvalue weighted by atomic mass is 16.5. The van der Waals surface area contributed by atoms with Gasteiger partial charge in [-0.05, 0) is 30.2 Å². The van der Waals surface area contributed by atoms with Crippen molar-refractivity contribution in [3.05, 3.63) is 5.82 Å². The zero-order valence-corrected chi connectivity index (χ0v) is 11.2. The summed E-state index contributed by atoms with van der Waals surface area (Å²) in [5.41, 5.74) is -0.699. The SMILES string of the molecule is CCOCCc1nnnn1CC1(C(=O)O)CCCC1. The molecule has 0 aliphatic heterocycles. The van der Waals surface area contributed by atoms with Gasteiger partial charge in [-0.3, -0.25) is 4.79 Å². The monoisotopic (exact) mass is 268 g/mol. The third-order valence-electron chi connectivity index (χ3n) is 3.75. The first-order chi connectivity index (χ1) is 9.18. The van der Waals surface area contributed by atoms with Crippen molar-refractivity contribution in [2.24, 2.45) is 5.41 Å². The van der Waals surface area contributed by atoms with E-state index < -0.39 is 11.4 Å². The normalized spacial score (nSPS) is 17.7. The highest BCUT2D eigenvalue weighted by Gasteiger charge is 2.42. The summed E-state index contributed by atoms with van der Waals surface area (Å²) in [5.74, 6) is -0.0442. The number of carbonyl (C=O) groups is 1. The van der Waals surface area contributed by atoms with Gasteiger partial charge in [0.15, 0.2) is 5.82 Å². The van der Waals surface area contributed by atoms with Crippen LogP contribution in [-0.2, 0) is 22.5 Å². The zero-order chi connectivity index (χ0) is 13.7. The number of aliphatic carboxylic acids is 1. The minimum atomic E-state index is -0.740. The average molecular weight is 268 g/mol. The van der Waals surface area contributed by atoms with Crippen molar-refractivity contribution in [2.75, 3.05) is 13.2 Å². The first-order valence-electron chi connectivity index (χ1n) is 6.74. The van der Waals surface area contributed by atoms with Crippen LogP contribution in [0.4, 0.5) is 0 Å². The van der Waals surface area contributed by atoms with Gasteiger partial charge in [-0.15, -0.1) is 5.10 Å². The van der Waals surface area contributed by atoms with Gasteiger partial charge >= 0.3 is 5.97 Å².